The number of hydrazone groups is 1. The van der Waals surface area contributed by atoms with Crippen LogP contribution in [-0.2, 0) is 10.4 Å². The molecule has 28 heavy (non-hydrogen) atoms. The summed E-state index contributed by atoms with van der Waals surface area (Å²) < 4.78 is 0. The first-order valence-electron chi connectivity index (χ1n) is 9.18. The second-order valence-electron chi connectivity index (χ2n) is 6.88. The highest BCUT2D eigenvalue weighted by Crippen LogP contribution is 2.29. The Morgan fingerprint density at radius 2 is 1.39 bits per heavy atom. The van der Waals surface area contributed by atoms with Gasteiger partial charge in [0.1, 0.15) is 0 Å². The minimum Gasteiger partial charge on any atom is -0.372 e. The molecule has 0 aliphatic rings. The Labute approximate surface area is 165 Å². The van der Waals surface area contributed by atoms with Crippen LogP contribution < -0.4 is 5.43 Å². The van der Waals surface area contributed by atoms with Gasteiger partial charge in [-0.25, -0.2) is 5.43 Å². The number of amides is 1. The molecule has 142 valence electrons. The van der Waals surface area contributed by atoms with Gasteiger partial charge in [0.25, 0.3) is 5.91 Å². The Morgan fingerprint density at radius 1 is 0.857 bits per heavy atom. The summed E-state index contributed by atoms with van der Waals surface area (Å²) in [6.45, 7) is 5.91. The number of hydrogen-bond acceptors (Lipinski definition) is 3. The van der Waals surface area contributed by atoms with Crippen molar-refractivity contribution >= 4 is 11.6 Å². The zero-order valence-electron chi connectivity index (χ0n) is 16.3. The van der Waals surface area contributed by atoms with Gasteiger partial charge in [0.05, 0.1) is 5.71 Å². The third-order valence-corrected chi connectivity index (χ3v) is 4.96. The molecule has 3 aromatic rings. The van der Waals surface area contributed by atoms with Gasteiger partial charge in [-0.2, -0.15) is 5.10 Å². The quantitative estimate of drug-likeness (QED) is 0.524. The van der Waals surface area contributed by atoms with Crippen LogP contribution in [-0.4, -0.2) is 16.7 Å². The highest BCUT2D eigenvalue weighted by Gasteiger charge is 2.39. The predicted molar refractivity (Wildman–Crippen MR) is 112 cm³/mol. The third-order valence-electron chi connectivity index (χ3n) is 4.96. The van der Waals surface area contributed by atoms with E-state index < -0.39 is 11.5 Å². The van der Waals surface area contributed by atoms with Gasteiger partial charge in [0, 0.05) is 0 Å². The maximum absolute atomic E-state index is 13.1. The fraction of sp³-hybridized carbons (Fsp3) is 0.167. The summed E-state index contributed by atoms with van der Waals surface area (Å²) in [6, 6.07) is 23.8. The standard InChI is InChI=1S/C24H24N2O2/c1-17-14-15-20(16-18(17)2)19(3)25-26-23(27)24(28,21-10-6-4-7-11-21)22-12-8-5-9-13-22/h4-16,28H,1-3H3,(H,26,27). The summed E-state index contributed by atoms with van der Waals surface area (Å²) in [7, 11) is 0. The van der Waals surface area contributed by atoms with Crippen LogP contribution in [0.4, 0.5) is 0 Å². The molecular formula is C24H24N2O2. The average molecular weight is 372 g/mol. The number of nitrogens with one attached hydrogen (secondary N) is 1. The molecule has 4 nitrogen and oxygen atoms in total. The second kappa shape index (κ2) is 8.19. The van der Waals surface area contributed by atoms with Crippen molar-refractivity contribution in [2.75, 3.05) is 0 Å². The highest BCUT2D eigenvalue weighted by atomic mass is 16.3. The summed E-state index contributed by atoms with van der Waals surface area (Å²) in [5, 5.41) is 15.6. The van der Waals surface area contributed by atoms with Crippen LogP contribution in [0.5, 0.6) is 0 Å². The van der Waals surface area contributed by atoms with E-state index in [0.29, 0.717) is 16.8 Å². The van der Waals surface area contributed by atoms with Gasteiger partial charge < -0.3 is 5.11 Å². The lowest BCUT2D eigenvalue weighted by Crippen LogP contribution is -2.43. The molecule has 1 amide bonds. The summed E-state index contributed by atoms with van der Waals surface area (Å²) in [5.74, 6) is -0.604. The van der Waals surface area contributed by atoms with E-state index in [2.05, 4.69) is 10.5 Å². The van der Waals surface area contributed by atoms with Crippen molar-refractivity contribution in [2.45, 2.75) is 26.4 Å². The van der Waals surface area contributed by atoms with Crippen molar-refractivity contribution < 1.29 is 9.90 Å². The lowest BCUT2D eigenvalue weighted by atomic mass is 9.85. The molecular weight excluding hydrogens is 348 g/mol. The lowest BCUT2D eigenvalue weighted by molar-refractivity contribution is -0.136. The van der Waals surface area contributed by atoms with Crippen LogP contribution >= 0.6 is 0 Å². The molecule has 3 rings (SSSR count). The predicted octanol–water partition coefficient (Wildman–Crippen LogP) is 4.08. The Hall–Kier alpha value is -3.24. The number of aryl methyl sites for hydroxylation is 2. The number of rotatable bonds is 5. The normalized spacial score (nSPS) is 11.9. The minimum absolute atomic E-state index is 0.484. The first-order chi connectivity index (χ1) is 13.4. The Balaban J connectivity index is 1.93. The van der Waals surface area contributed by atoms with Gasteiger partial charge >= 0.3 is 0 Å². The molecule has 3 aromatic carbocycles. The largest absolute Gasteiger partial charge is 0.372 e. The fourth-order valence-corrected chi connectivity index (χ4v) is 3.03. The number of hydrogen-bond donors (Lipinski definition) is 2. The monoisotopic (exact) mass is 372 g/mol. The maximum Gasteiger partial charge on any atom is 0.281 e. The zero-order valence-corrected chi connectivity index (χ0v) is 16.3. The maximum atomic E-state index is 13.1. The number of nitrogens with zero attached hydrogens (tertiary/aromatic N) is 1. The van der Waals surface area contributed by atoms with E-state index in [1.54, 1.807) is 48.5 Å². The molecule has 0 heterocycles. The van der Waals surface area contributed by atoms with Crippen LogP contribution in [0.2, 0.25) is 0 Å². The third kappa shape index (κ3) is 3.87. The van der Waals surface area contributed by atoms with Gasteiger partial charge in [0.15, 0.2) is 5.60 Å². The second-order valence-corrected chi connectivity index (χ2v) is 6.88. The van der Waals surface area contributed by atoms with Gasteiger partial charge in [-0.05, 0) is 54.7 Å². The Morgan fingerprint density at radius 3 is 1.89 bits per heavy atom. The summed E-state index contributed by atoms with van der Waals surface area (Å²) in [5.41, 5.74) is 5.62. The van der Waals surface area contributed by atoms with Crippen LogP contribution in [0.1, 0.15) is 34.7 Å². The van der Waals surface area contributed by atoms with E-state index in [9.17, 15) is 9.90 Å². The van der Waals surface area contributed by atoms with E-state index in [-0.39, 0.29) is 0 Å². The molecule has 2 N–H and O–H groups in total. The molecule has 0 saturated heterocycles. The van der Waals surface area contributed by atoms with Gasteiger partial charge in [-0.1, -0.05) is 72.8 Å². The highest BCUT2D eigenvalue weighted by molar-refractivity contribution is 6.00. The van der Waals surface area contributed by atoms with Crippen LogP contribution in [0, 0.1) is 13.8 Å². The van der Waals surface area contributed by atoms with E-state index in [1.807, 2.05) is 51.1 Å². The molecule has 4 heteroatoms. The fourth-order valence-electron chi connectivity index (χ4n) is 3.03. The summed E-state index contributed by atoms with van der Waals surface area (Å²) in [4.78, 5) is 13.1. The van der Waals surface area contributed by atoms with Crippen molar-refractivity contribution in [2.24, 2.45) is 5.10 Å². The lowest BCUT2D eigenvalue weighted by Gasteiger charge is -2.27. The van der Waals surface area contributed by atoms with Crippen LogP contribution in [0.3, 0.4) is 0 Å². The van der Waals surface area contributed by atoms with Crippen LogP contribution in [0.15, 0.2) is 84.0 Å². The van der Waals surface area contributed by atoms with Crippen molar-refractivity contribution in [3.8, 4) is 0 Å². The molecule has 0 atom stereocenters. The van der Waals surface area contributed by atoms with Crippen LogP contribution in [0.25, 0.3) is 0 Å². The Bertz CT molecular complexity index is 956. The smallest absolute Gasteiger partial charge is 0.281 e. The molecule has 0 unspecified atom stereocenters. The first kappa shape index (κ1) is 19.5. The SMILES string of the molecule is CC(=NNC(=O)C(O)(c1ccccc1)c1ccccc1)c1ccc(C)c(C)c1. The van der Waals surface area contributed by atoms with E-state index in [0.717, 1.165) is 11.1 Å². The van der Waals surface area contributed by atoms with E-state index in [1.165, 1.54) is 5.56 Å². The van der Waals surface area contributed by atoms with E-state index >= 15 is 0 Å². The minimum atomic E-state index is -1.84. The molecule has 0 radical (unpaired) electrons. The van der Waals surface area contributed by atoms with Crippen molar-refractivity contribution in [3.05, 3.63) is 107 Å². The molecule has 0 bridgehead atoms. The molecule has 0 aromatic heterocycles. The van der Waals surface area contributed by atoms with E-state index in [4.69, 9.17) is 0 Å². The molecule has 0 fully saturated rings. The molecule has 0 aliphatic heterocycles. The van der Waals surface area contributed by atoms with Crippen molar-refractivity contribution in [3.63, 3.8) is 0 Å². The summed E-state index contributed by atoms with van der Waals surface area (Å²) >= 11 is 0. The van der Waals surface area contributed by atoms with Gasteiger partial charge in [0.2, 0.25) is 0 Å². The number of benzene rings is 3. The average Bonchev–Trinajstić information content (AvgIpc) is 2.74. The molecule has 0 spiro atoms. The topological polar surface area (TPSA) is 61.7 Å². The number of carbonyl (C=O) groups excluding carboxylic acids is 1. The Kier molecular flexibility index (Phi) is 5.71. The number of aliphatic hydroxyl groups is 1. The summed E-state index contributed by atoms with van der Waals surface area (Å²) in [6.07, 6.45) is 0. The van der Waals surface area contributed by atoms with Crippen molar-refractivity contribution in [1.82, 2.24) is 5.43 Å². The van der Waals surface area contributed by atoms with Gasteiger partial charge in [-0.15, -0.1) is 0 Å². The first-order valence-corrected chi connectivity index (χ1v) is 9.18. The molecule has 0 saturated carbocycles. The number of carbonyl (C=O) groups is 1. The van der Waals surface area contributed by atoms with Gasteiger partial charge in [-0.3, -0.25) is 4.79 Å². The molecule has 0 aliphatic carbocycles. The van der Waals surface area contributed by atoms with Crippen molar-refractivity contribution in [1.29, 1.82) is 0 Å². The zero-order chi connectivity index (χ0) is 20.1.